The van der Waals surface area contributed by atoms with Crippen LogP contribution in [0.4, 0.5) is 0 Å². The molecule has 1 aliphatic rings. The van der Waals surface area contributed by atoms with Crippen LogP contribution in [0.5, 0.6) is 0 Å². The van der Waals surface area contributed by atoms with E-state index in [2.05, 4.69) is 32.7 Å². The van der Waals surface area contributed by atoms with Gasteiger partial charge in [-0.1, -0.05) is 33.9 Å². The first kappa shape index (κ1) is 14.5. The van der Waals surface area contributed by atoms with Crippen LogP contribution in [0.15, 0.2) is 28.8 Å². The van der Waals surface area contributed by atoms with Crippen LogP contribution in [-0.2, 0) is 4.74 Å². The van der Waals surface area contributed by atoms with E-state index in [0.29, 0.717) is 18.3 Å². The first-order valence-electron chi connectivity index (χ1n) is 7.63. The van der Waals surface area contributed by atoms with E-state index in [4.69, 9.17) is 9.26 Å². The number of aromatic nitrogens is 4. The van der Waals surface area contributed by atoms with Crippen LogP contribution in [0.2, 0.25) is 0 Å². The van der Waals surface area contributed by atoms with E-state index < -0.39 is 0 Å². The van der Waals surface area contributed by atoms with Gasteiger partial charge in [0.25, 0.3) is 5.89 Å². The van der Waals surface area contributed by atoms with E-state index in [1.165, 1.54) is 11.5 Å². The molecule has 0 amide bonds. The van der Waals surface area contributed by atoms with Crippen LogP contribution in [-0.4, -0.2) is 32.9 Å². The highest BCUT2D eigenvalue weighted by Crippen LogP contribution is 2.34. The fraction of sp³-hybridized carbons (Fsp3) is 0.375. The number of benzene rings is 1. The van der Waals surface area contributed by atoms with Gasteiger partial charge in [0, 0.05) is 18.1 Å². The predicted molar refractivity (Wildman–Crippen MR) is 86.2 cm³/mol. The second-order valence-corrected chi connectivity index (χ2v) is 6.39. The summed E-state index contributed by atoms with van der Waals surface area (Å²) in [6, 6.07) is 8.08. The van der Waals surface area contributed by atoms with E-state index >= 15 is 0 Å². The third-order valence-corrected chi connectivity index (χ3v) is 4.76. The topological polar surface area (TPSA) is 73.9 Å². The lowest BCUT2D eigenvalue weighted by molar-refractivity contribution is 0.0773. The first-order chi connectivity index (χ1) is 11.3. The van der Waals surface area contributed by atoms with E-state index in [9.17, 15) is 0 Å². The van der Waals surface area contributed by atoms with Gasteiger partial charge in [-0.05, 0) is 36.9 Å². The van der Waals surface area contributed by atoms with Crippen molar-refractivity contribution in [1.29, 1.82) is 0 Å². The summed E-state index contributed by atoms with van der Waals surface area (Å²) in [6.07, 6.45) is 2.07. The molecular formula is C16H16N4O2S. The van der Waals surface area contributed by atoms with Gasteiger partial charge in [0.05, 0.1) is 6.61 Å². The average Bonchev–Trinajstić information content (AvgIpc) is 3.25. The van der Waals surface area contributed by atoms with E-state index in [0.717, 1.165) is 41.1 Å². The van der Waals surface area contributed by atoms with Crippen LogP contribution in [0.25, 0.3) is 22.0 Å². The minimum absolute atomic E-state index is 0.212. The Kier molecular flexibility index (Phi) is 3.88. The van der Waals surface area contributed by atoms with Crippen molar-refractivity contribution in [3.63, 3.8) is 0 Å². The predicted octanol–water partition coefficient (Wildman–Crippen LogP) is 3.46. The molecule has 0 N–H and O–H groups in total. The van der Waals surface area contributed by atoms with Gasteiger partial charge in [-0.2, -0.15) is 4.98 Å². The van der Waals surface area contributed by atoms with E-state index in [1.54, 1.807) is 0 Å². The number of rotatable bonds is 3. The van der Waals surface area contributed by atoms with Crippen molar-refractivity contribution >= 4 is 11.5 Å². The monoisotopic (exact) mass is 328 g/mol. The maximum atomic E-state index is 5.50. The Bertz CT molecular complexity index is 808. The number of ether oxygens (including phenoxy) is 1. The highest BCUT2D eigenvalue weighted by molar-refractivity contribution is 7.09. The number of hydrogen-bond donors (Lipinski definition) is 0. The molecule has 0 saturated carbocycles. The van der Waals surface area contributed by atoms with Gasteiger partial charge in [-0.25, -0.2) is 0 Å². The molecule has 2 aromatic heterocycles. The largest absolute Gasteiger partial charge is 0.381 e. The van der Waals surface area contributed by atoms with Crippen molar-refractivity contribution in [3.8, 4) is 22.0 Å². The third-order valence-electron chi connectivity index (χ3n) is 4.05. The molecule has 0 bridgehead atoms. The Morgan fingerprint density at radius 1 is 1.26 bits per heavy atom. The minimum Gasteiger partial charge on any atom is -0.381 e. The Morgan fingerprint density at radius 3 is 3.00 bits per heavy atom. The van der Waals surface area contributed by atoms with Gasteiger partial charge in [0.2, 0.25) is 0 Å². The Balaban J connectivity index is 1.69. The molecule has 1 atom stereocenters. The summed E-state index contributed by atoms with van der Waals surface area (Å²) in [5, 5.41) is 8.40. The van der Waals surface area contributed by atoms with Crippen LogP contribution >= 0.6 is 11.5 Å². The lowest BCUT2D eigenvalue weighted by Crippen LogP contribution is -2.16. The van der Waals surface area contributed by atoms with Gasteiger partial charge in [0.15, 0.2) is 5.82 Å². The van der Waals surface area contributed by atoms with Crippen molar-refractivity contribution in [1.82, 2.24) is 19.7 Å². The van der Waals surface area contributed by atoms with Gasteiger partial charge >= 0.3 is 0 Å². The second kappa shape index (κ2) is 6.17. The molecule has 1 saturated heterocycles. The standard InChI is InChI=1S/C16H16N4O2S/c1-10-5-2-3-7-12(10)13-14(23-20-18-13)16-17-15(19-22-16)11-6-4-8-21-9-11/h2-3,5,7,11H,4,6,8-9H2,1H3. The molecule has 1 fully saturated rings. The van der Waals surface area contributed by atoms with Gasteiger partial charge < -0.3 is 9.26 Å². The molecule has 4 rings (SSSR count). The number of aryl methyl sites for hydroxylation is 1. The van der Waals surface area contributed by atoms with Crippen molar-refractivity contribution in [3.05, 3.63) is 35.7 Å². The highest BCUT2D eigenvalue weighted by Gasteiger charge is 2.24. The summed E-state index contributed by atoms with van der Waals surface area (Å²) >= 11 is 1.28. The molecule has 0 aliphatic carbocycles. The highest BCUT2D eigenvalue weighted by atomic mass is 32.1. The summed E-state index contributed by atoms with van der Waals surface area (Å²) in [5.41, 5.74) is 2.97. The van der Waals surface area contributed by atoms with Gasteiger partial charge in [0.1, 0.15) is 10.6 Å². The molecule has 0 spiro atoms. The van der Waals surface area contributed by atoms with Crippen molar-refractivity contribution in [2.24, 2.45) is 0 Å². The van der Waals surface area contributed by atoms with Gasteiger partial charge in [-0.15, -0.1) is 5.10 Å². The summed E-state index contributed by atoms with van der Waals surface area (Å²) in [4.78, 5) is 5.38. The molecule has 118 valence electrons. The fourth-order valence-corrected chi connectivity index (χ4v) is 3.39. The zero-order valence-corrected chi connectivity index (χ0v) is 13.5. The Morgan fingerprint density at radius 2 is 2.17 bits per heavy atom. The zero-order chi connectivity index (χ0) is 15.6. The van der Waals surface area contributed by atoms with Crippen LogP contribution in [0.3, 0.4) is 0 Å². The molecule has 3 heterocycles. The quantitative estimate of drug-likeness (QED) is 0.733. The van der Waals surface area contributed by atoms with E-state index in [-0.39, 0.29) is 5.92 Å². The Hall–Kier alpha value is -2.12. The Labute approximate surface area is 137 Å². The first-order valence-corrected chi connectivity index (χ1v) is 8.40. The molecule has 1 aliphatic heterocycles. The zero-order valence-electron chi connectivity index (χ0n) is 12.7. The third kappa shape index (κ3) is 2.77. The summed E-state index contributed by atoms with van der Waals surface area (Å²) in [5.74, 6) is 1.41. The summed E-state index contributed by atoms with van der Waals surface area (Å²) < 4.78 is 15.1. The van der Waals surface area contributed by atoms with Crippen molar-refractivity contribution in [2.75, 3.05) is 13.2 Å². The smallest absolute Gasteiger partial charge is 0.271 e. The molecule has 6 nitrogen and oxygen atoms in total. The average molecular weight is 328 g/mol. The minimum atomic E-state index is 0.212. The normalized spacial score (nSPS) is 18.2. The molecular weight excluding hydrogens is 312 g/mol. The van der Waals surface area contributed by atoms with Crippen molar-refractivity contribution in [2.45, 2.75) is 25.7 Å². The lowest BCUT2D eigenvalue weighted by atomic mass is 10.0. The number of nitrogens with zero attached hydrogens (tertiary/aromatic N) is 4. The molecule has 23 heavy (non-hydrogen) atoms. The van der Waals surface area contributed by atoms with Gasteiger partial charge in [-0.3, -0.25) is 0 Å². The lowest BCUT2D eigenvalue weighted by Gasteiger charge is -2.18. The fourth-order valence-electron chi connectivity index (χ4n) is 2.78. The molecule has 3 aromatic rings. The van der Waals surface area contributed by atoms with E-state index in [1.807, 2.05) is 18.2 Å². The molecule has 0 radical (unpaired) electrons. The maximum absolute atomic E-state index is 5.50. The summed E-state index contributed by atoms with van der Waals surface area (Å²) in [6.45, 7) is 3.53. The van der Waals surface area contributed by atoms with Crippen LogP contribution in [0.1, 0.15) is 30.1 Å². The van der Waals surface area contributed by atoms with Crippen molar-refractivity contribution < 1.29 is 9.26 Å². The SMILES string of the molecule is Cc1ccccc1-c1nnsc1-c1nc(C2CCCOC2)no1. The molecule has 1 aromatic carbocycles. The molecule has 1 unspecified atom stereocenters. The van der Waals surface area contributed by atoms with Crippen LogP contribution in [0, 0.1) is 6.92 Å². The molecule has 7 heteroatoms. The number of hydrogen-bond acceptors (Lipinski definition) is 7. The maximum Gasteiger partial charge on any atom is 0.271 e. The second-order valence-electron chi connectivity index (χ2n) is 5.64. The van der Waals surface area contributed by atoms with Crippen LogP contribution < -0.4 is 0 Å². The summed E-state index contributed by atoms with van der Waals surface area (Å²) in [7, 11) is 0.